The van der Waals surface area contributed by atoms with Gasteiger partial charge in [-0.05, 0) is 53.7 Å². The number of hydrogen-bond acceptors (Lipinski definition) is 5. The Balaban J connectivity index is 1.61. The molecule has 0 aliphatic heterocycles. The van der Waals surface area contributed by atoms with Gasteiger partial charge in [0.1, 0.15) is 6.54 Å². The Morgan fingerprint density at radius 3 is 2.42 bits per heavy atom. The fourth-order valence-electron chi connectivity index (χ4n) is 2.20. The number of nitrogens with zero attached hydrogens (tertiary/aromatic N) is 4. The molecule has 132 valence electrons. The highest BCUT2D eigenvalue weighted by Gasteiger charge is 2.10. The summed E-state index contributed by atoms with van der Waals surface area (Å²) in [6, 6.07) is 14.1. The fraction of sp³-hybridized carbons (Fsp3) is 0.118. The summed E-state index contributed by atoms with van der Waals surface area (Å²) < 4.78 is 0.954. The highest BCUT2D eigenvalue weighted by atomic mass is 79.9. The number of carbonyl (C=O) groups excluding carboxylic acids is 2. The van der Waals surface area contributed by atoms with Crippen molar-refractivity contribution in [2.45, 2.75) is 6.54 Å². The monoisotopic (exact) mass is 414 g/mol. The first kappa shape index (κ1) is 17.7. The highest BCUT2D eigenvalue weighted by Crippen LogP contribution is 2.17. The second-order valence-electron chi connectivity index (χ2n) is 5.35. The van der Waals surface area contributed by atoms with Gasteiger partial charge in [0.2, 0.25) is 11.7 Å². The van der Waals surface area contributed by atoms with E-state index in [9.17, 15) is 9.59 Å². The smallest absolute Gasteiger partial charge is 0.251 e. The van der Waals surface area contributed by atoms with Gasteiger partial charge < -0.3 is 10.6 Å². The van der Waals surface area contributed by atoms with E-state index in [-0.39, 0.29) is 18.4 Å². The third-order valence-corrected chi connectivity index (χ3v) is 4.03. The zero-order valence-corrected chi connectivity index (χ0v) is 15.4. The third kappa shape index (κ3) is 4.31. The molecule has 2 N–H and O–H groups in total. The van der Waals surface area contributed by atoms with Gasteiger partial charge in [0.15, 0.2) is 0 Å². The summed E-state index contributed by atoms with van der Waals surface area (Å²) in [6.07, 6.45) is 0. The van der Waals surface area contributed by atoms with Gasteiger partial charge >= 0.3 is 0 Å². The Kier molecular flexibility index (Phi) is 5.37. The van der Waals surface area contributed by atoms with E-state index in [0.717, 1.165) is 10.0 Å². The van der Waals surface area contributed by atoms with E-state index >= 15 is 0 Å². The van der Waals surface area contributed by atoms with Gasteiger partial charge in [-0.1, -0.05) is 15.9 Å². The molecule has 2 aromatic carbocycles. The number of amides is 2. The van der Waals surface area contributed by atoms with Gasteiger partial charge in [0, 0.05) is 28.3 Å². The molecule has 0 aliphatic rings. The molecule has 3 rings (SSSR count). The van der Waals surface area contributed by atoms with Crippen LogP contribution in [0.1, 0.15) is 10.4 Å². The van der Waals surface area contributed by atoms with Crippen molar-refractivity contribution < 1.29 is 9.59 Å². The minimum atomic E-state index is -0.294. The van der Waals surface area contributed by atoms with Crippen LogP contribution in [0.3, 0.4) is 0 Å². The van der Waals surface area contributed by atoms with Crippen LogP contribution in [0.4, 0.5) is 5.69 Å². The SMILES string of the molecule is CNC(=O)c1ccc(NC(=O)Cn2nnc(-c3ccc(Br)cc3)n2)cc1. The summed E-state index contributed by atoms with van der Waals surface area (Å²) in [7, 11) is 1.56. The number of carbonyl (C=O) groups is 2. The van der Waals surface area contributed by atoms with Gasteiger partial charge in [-0.15, -0.1) is 10.2 Å². The minimum absolute atomic E-state index is 0.0687. The maximum absolute atomic E-state index is 12.1. The van der Waals surface area contributed by atoms with E-state index in [1.165, 1.54) is 4.80 Å². The summed E-state index contributed by atoms with van der Waals surface area (Å²) in [5.74, 6) is -0.0344. The second kappa shape index (κ2) is 7.87. The van der Waals surface area contributed by atoms with Crippen molar-refractivity contribution >= 4 is 33.4 Å². The summed E-state index contributed by atoms with van der Waals surface area (Å²) >= 11 is 3.37. The largest absolute Gasteiger partial charge is 0.355 e. The van der Waals surface area contributed by atoms with Crippen LogP contribution in [0, 0.1) is 0 Å². The van der Waals surface area contributed by atoms with Crippen LogP contribution in [0.25, 0.3) is 11.4 Å². The summed E-state index contributed by atoms with van der Waals surface area (Å²) in [5.41, 5.74) is 1.91. The fourth-order valence-corrected chi connectivity index (χ4v) is 2.47. The lowest BCUT2D eigenvalue weighted by molar-refractivity contribution is -0.117. The molecule has 8 nitrogen and oxygen atoms in total. The minimum Gasteiger partial charge on any atom is -0.355 e. The van der Waals surface area contributed by atoms with E-state index in [1.807, 2.05) is 24.3 Å². The van der Waals surface area contributed by atoms with Crippen LogP contribution in [-0.2, 0) is 11.3 Å². The molecule has 0 fully saturated rings. The molecular formula is C17H15BrN6O2. The molecule has 0 unspecified atom stereocenters. The van der Waals surface area contributed by atoms with Crippen molar-refractivity contribution in [1.29, 1.82) is 0 Å². The van der Waals surface area contributed by atoms with Crippen molar-refractivity contribution in [2.75, 3.05) is 12.4 Å². The van der Waals surface area contributed by atoms with Crippen molar-refractivity contribution in [2.24, 2.45) is 0 Å². The Morgan fingerprint density at radius 2 is 1.77 bits per heavy atom. The zero-order valence-electron chi connectivity index (χ0n) is 13.8. The first-order valence-electron chi connectivity index (χ1n) is 7.71. The second-order valence-corrected chi connectivity index (χ2v) is 6.27. The topological polar surface area (TPSA) is 102 Å². The first-order chi connectivity index (χ1) is 12.5. The van der Waals surface area contributed by atoms with Gasteiger partial charge in [0.25, 0.3) is 5.91 Å². The first-order valence-corrected chi connectivity index (χ1v) is 8.50. The lowest BCUT2D eigenvalue weighted by Crippen LogP contribution is -2.21. The number of halogens is 1. The third-order valence-electron chi connectivity index (χ3n) is 3.50. The lowest BCUT2D eigenvalue weighted by Gasteiger charge is -2.05. The van der Waals surface area contributed by atoms with Gasteiger partial charge in [-0.3, -0.25) is 9.59 Å². The molecule has 1 aromatic heterocycles. The Hall–Kier alpha value is -3.07. The quantitative estimate of drug-likeness (QED) is 0.665. The lowest BCUT2D eigenvalue weighted by atomic mass is 10.2. The molecule has 0 bridgehead atoms. The summed E-state index contributed by atoms with van der Waals surface area (Å²) in [4.78, 5) is 24.8. The average Bonchev–Trinajstić information content (AvgIpc) is 3.10. The number of benzene rings is 2. The Bertz CT molecular complexity index is 921. The van der Waals surface area contributed by atoms with Crippen LogP contribution >= 0.6 is 15.9 Å². The Labute approximate surface area is 157 Å². The molecule has 0 spiro atoms. The van der Waals surface area contributed by atoms with Gasteiger partial charge in [-0.25, -0.2) is 0 Å². The molecular weight excluding hydrogens is 400 g/mol. The van der Waals surface area contributed by atoms with E-state index in [4.69, 9.17) is 0 Å². The zero-order chi connectivity index (χ0) is 18.5. The molecule has 2 amide bonds. The average molecular weight is 415 g/mol. The summed E-state index contributed by atoms with van der Waals surface area (Å²) in [5, 5.41) is 17.3. The number of aromatic nitrogens is 4. The van der Waals surface area contributed by atoms with Crippen molar-refractivity contribution in [3.05, 3.63) is 58.6 Å². The van der Waals surface area contributed by atoms with Crippen LogP contribution in [-0.4, -0.2) is 39.1 Å². The maximum atomic E-state index is 12.1. The van der Waals surface area contributed by atoms with E-state index < -0.39 is 0 Å². The Morgan fingerprint density at radius 1 is 1.08 bits per heavy atom. The molecule has 3 aromatic rings. The van der Waals surface area contributed by atoms with E-state index in [0.29, 0.717) is 17.1 Å². The number of rotatable bonds is 5. The van der Waals surface area contributed by atoms with Crippen LogP contribution < -0.4 is 10.6 Å². The van der Waals surface area contributed by atoms with Crippen molar-refractivity contribution in [3.63, 3.8) is 0 Å². The summed E-state index contributed by atoms with van der Waals surface area (Å²) in [6.45, 7) is -0.0687. The van der Waals surface area contributed by atoms with Crippen LogP contribution in [0.5, 0.6) is 0 Å². The predicted octanol–water partition coefficient (Wildman–Crippen LogP) is 2.10. The number of hydrogen-bond donors (Lipinski definition) is 2. The molecule has 0 saturated carbocycles. The normalized spacial score (nSPS) is 10.4. The van der Waals surface area contributed by atoms with Crippen LogP contribution in [0.15, 0.2) is 53.0 Å². The standard InChI is InChI=1S/C17H15BrN6O2/c1-19-17(26)12-4-8-14(9-5-12)20-15(25)10-24-22-16(21-23-24)11-2-6-13(18)7-3-11/h2-9H,10H2,1H3,(H,19,26)(H,20,25). The number of nitrogens with one attached hydrogen (secondary N) is 2. The molecule has 0 saturated heterocycles. The molecule has 26 heavy (non-hydrogen) atoms. The molecule has 1 heterocycles. The van der Waals surface area contributed by atoms with Crippen LogP contribution in [0.2, 0.25) is 0 Å². The molecule has 9 heteroatoms. The van der Waals surface area contributed by atoms with Gasteiger partial charge in [-0.2, -0.15) is 4.80 Å². The van der Waals surface area contributed by atoms with E-state index in [1.54, 1.807) is 31.3 Å². The molecule has 0 aliphatic carbocycles. The van der Waals surface area contributed by atoms with Crippen molar-refractivity contribution in [1.82, 2.24) is 25.5 Å². The van der Waals surface area contributed by atoms with Gasteiger partial charge in [0.05, 0.1) is 0 Å². The molecule has 0 atom stereocenters. The maximum Gasteiger partial charge on any atom is 0.251 e. The predicted molar refractivity (Wildman–Crippen MR) is 99.4 cm³/mol. The molecule has 0 radical (unpaired) electrons. The van der Waals surface area contributed by atoms with E-state index in [2.05, 4.69) is 42.0 Å². The number of tetrazole rings is 1. The van der Waals surface area contributed by atoms with Crippen molar-refractivity contribution in [3.8, 4) is 11.4 Å². The highest BCUT2D eigenvalue weighted by molar-refractivity contribution is 9.10. The number of anilines is 1.